The van der Waals surface area contributed by atoms with Gasteiger partial charge in [0.1, 0.15) is 0 Å². The summed E-state index contributed by atoms with van der Waals surface area (Å²) in [5.41, 5.74) is 0.218. The van der Waals surface area contributed by atoms with Crippen LogP contribution in [0.3, 0.4) is 0 Å². The van der Waals surface area contributed by atoms with Gasteiger partial charge in [-0.2, -0.15) is 0 Å². The molecule has 0 aromatic heterocycles. The fourth-order valence-electron chi connectivity index (χ4n) is 2.32. The van der Waals surface area contributed by atoms with Gasteiger partial charge in [-0.05, 0) is 37.5 Å². The number of amides is 1. The van der Waals surface area contributed by atoms with E-state index < -0.39 is 11.6 Å². The summed E-state index contributed by atoms with van der Waals surface area (Å²) in [5, 5.41) is 0.833. The predicted octanol–water partition coefficient (Wildman–Crippen LogP) is 3.35. The van der Waals surface area contributed by atoms with Gasteiger partial charge >= 0.3 is 0 Å². The number of halogens is 3. The number of carbonyl (C=O) groups excluding carboxylic acids is 1. The summed E-state index contributed by atoms with van der Waals surface area (Å²) >= 11 is 3.37. The predicted molar refractivity (Wildman–Crippen MR) is 68.8 cm³/mol. The second-order valence-electron chi connectivity index (χ2n) is 4.40. The maximum atomic E-state index is 13.1. The second-order valence-corrected chi connectivity index (χ2v) is 5.19. The van der Waals surface area contributed by atoms with E-state index in [-0.39, 0.29) is 17.5 Å². The number of carbonyl (C=O) groups is 1. The van der Waals surface area contributed by atoms with E-state index in [1.165, 1.54) is 6.07 Å². The van der Waals surface area contributed by atoms with E-state index in [0.717, 1.165) is 36.7 Å². The summed E-state index contributed by atoms with van der Waals surface area (Å²) in [6.45, 7) is 0.690. The van der Waals surface area contributed by atoms with E-state index in [1.807, 2.05) is 0 Å². The number of hydrogen-bond acceptors (Lipinski definition) is 1. The van der Waals surface area contributed by atoms with Gasteiger partial charge in [-0.1, -0.05) is 15.9 Å². The Morgan fingerprint density at radius 1 is 1.39 bits per heavy atom. The van der Waals surface area contributed by atoms with Crippen molar-refractivity contribution in [1.82, 2.24) is 4.90 Å². The van der Waals surface area contributed by atoms with E-state index in [1.54, 1.807) is 4.90 Å². The minimum absolute atomic E-state index is 0.199. The Morgan fingerprint density at radius 3 is 2.83 bits per heavy atom. The minimum Gasteiger partial charge on any atom is -0.336 e. The molecule has 1 aliphatic heterocycles. The molecule has 1 heterocycles. The second kappa shape index (κ2) is 5.78. The topological polar surface area (TPSA) is 20.3 Å². The van der Waals surface area contributed by atoms with Crippen LogP contribution in [0, 0.1) is 11.6 Å². The first-order valence-electron chi connectivity index (χ1n) is 5.95. The first kappa shape index (κ1) is 13.5. The molecular weight excluding hydrogens is 304 g/mol. The fourth-order valence-corrected chi connectivity index (χ4v) is 2.85. The van der Waals surface area contributed by atoms with Gasteiger partial charge in [-0.25, -0.2) is 8.78 Å². The molecule has 0 spiro atoms. The van der Waals surface area contributed by atoms with Gasteiger partial charge in [0.2, 0.25) is 0 Å². The van der Waals surface area contributed by atoms with Gasteiger partial charge < -0.3 is 4.90 Å². The molecule has 1 fully saturated rings. The highest BCUT2D eigenvalue weighted by molar-refractivity contribution is 9.09. The lowest BCUT2D eigenvalue weighted by Crippen LogP contribution is -2.35. The van der Waals surface area contributed by atoms with Crippen LogP contribution in [0.15, 0.2) is 18.2 Å². The third-order valence-electron chi connectivity index (χ3n) is 3.25. The van der Waals surface area contributed by atoms with Gasteiger partial charge in [0.25, 0.3) is 5.91 Å². The highest BCUT2D eigenvalue weighted by atomic mass is 79.9. The van der Waals surface area contributed by atoms with Crippen LogP contribution in [0.5, 0.6) is 0 Å². The summed E-state index contributed by atoms with van der Waals surface area (Å²) in [5.74, 6) is -2.11. The summed E-state index contributed by atoms with van der Waals surface area (Å²) < 4.78 is 25.9. The molecule has 1 saturated heterocycles. The Hall–Kier alpha value is -0.970. The highest BCUT2D eigenvalue weighted by Crippen LogP contribution is 2.23. The number of rotatable bonds is 3. The number of nitrogens with zero attached hydrogens (tertiary/aromatic N) is 1. The molecule has 1 aliphatic rings. The molecule has 1 aromatic carbocycles. The van der Waals surface area contributed by atoms with Crippen LogP contribution >= 0.6 is 15.9 Å². The number of likely N-dealkylation sites (tertiary alicyclic amines) is 1. The number of alkyl halides is 1. The third kappa shape index (κ3) is 2.71. The highest BCUT2D eigenvalue weighted by Gasteiger charge is 2.29. The van der Waals surface area contributed by atoms with Crippen LogP contribution in [0.4, 0.5) is 8.78 Å². The van der Waals surface area contributed by atoms with Gasteiger partial charge in [0.15, 0.2) is 11.6 Å². The van der Waals surface area contributed by atoms with Crippen LogP contribution in [0.2, 0.25) is 0 Å². The van der Waals surface area contributed by atoms with E-state index >= 15 is 0 Å². The van der Waals surface area contributed by atoms with Gasteiger partial charge in [0, 0.05) is 23.5 Å². The molecule has 1 amide bonds. The van der Waals surface area contributed by atoms with Crippen LogP contribution in [-0.4, -0.2) is 28.7 Å². The lowest BCUT2D eigenvalue weighted by Gasteiger charge is -2.24. The number of benzene rings is 1. The zero-order valence-electron chi connectivity index (χ0n) is 9.83. The van der Waals surface area contributed by atoms with Crippen molar-refractivity contribution < 1.29 is 13.6 Å². The Kier molecular flexibility index (Phi) is 4.32. The number of hydrogen-bond donors (Lipinski definition) is 0. The lowest BCUT2D eigenvalue weighted by atomic mass is 10.1. The third-order valence-corrected chi connectivity index (χ3v) is 3.70. The zero-order chi connectivity index (χ0) is 13.1. The molecule has 0 aliphatic carbocycles. The monoisotopic (exact) mass is 317 g/mol. The van der Waals surface area contributed by atoms with Crippen LogP contribution in [0.1, 0.15) is 29.6 Å². The molecule has 0 saturated carbocycles. The van der Waals surface area contributed by atoms with Crippen molar-refractivity contribution in [2.75, 3.05) is 11.9 Å². The Balaban J connectivity index is 2.17. The van der Waals surface area contributed by atoms with Gasteiger partial charge in [-0.15, -0.1) is 0 Å². The maximum absolute atomic E-state index is 13.1. The van der Waals surface area contributed by atoms with Crippen LogP contribution < -0.4 is 0 Å². The SMILES string of the molecule is O=C(c1ccc(F)c(F)c1)N1CCCC1CCBr. The molecule has 2 rings (SSSR count). The van der Waals surface area contributed by atoms with Crippen LogP contribution in [0.25, 0.3) is 0 Å². The van der Waals surface area contributed by atoms with Gasteiger partial charge in [0.05, 0.1) is 0 Å². The molecule has 0 bridgehead atoms. The Labute approximate surface area is 113 Å². The van der Waals surface area contributed by atoms with Crippen molar-refractivity contribution in [3.05, 3.63) is 35.4 Å². The van der Waals surface area contributed by atoms with E-state index in [4.69, 9.17) is 0 Å². The van der Waals surface area contributed by atoms with Crippen molar-refractivity contribution in [3.63, 3.8) is 0 Å². The lowest BCUT2D eigenvalue weighted by molar-refractivity contribution is 0.0734. The minimum atomic E-state index is -0.975. The smallest absolute Gasteiger partial charge is 0.254 e. The molecule has 98 valence electrons. The summed E-state index contributed by atoms with van der Waals surface area (Å²) in [6, 6.07) is 3.51. The first-order chi connectivity index (χ1) is 8.63. The molecule has 2 nitrogen and oxygen atoms in total. The van der Waals surface area contributed by atoms with E-state index in [0.29, 0.717) is 6.54 Å². The maximum Gasteiger partial charge on any atom is 0.254 e. The van der Waals surface area contributed by atoms with E-state index in [9.17, 15) is 13.6 Å². The average molecular weight is 318 g/mol. The van der Waals surface area contributed by atoms with Crippen molar-refractivity contribution in [2.45, 2.75) is 25.3 Å². The largest absolute Gasteiger partial charge is 0.336 e. The first-order valence-corrected chi connectivity index (χ1v) is 7.07. The van der Waals surface area contributed by atoms with Crippen molar-refractivity contribution in [1.29, 1.82) is 0 Å². The van der Waals surface area contributed by atoms with E-state index in [2.05, 4.69) is 15.9 Å². The summed E-state index contributed by atoms with van der Waals surface area (Å²) in [6.07, 6.45) is 2.82. The van der Waals surface area contributed by atoms with Crippen molar-refractivity contribution in [2.24, 2.45) is 0 Å². The quantitative estimate of drug-likeness (QED) is 0.783. The molecule has 18 heavy (non-hydrogen) atoms. The Morgan fingerprint density at radius 2 is 2.17 bits per heavy atom. The molecule has 1 atom stereocenters. The molecular formula is C13H14BrF2NO. The standard InChI is InChI=1S/C13H14BrF2NO/c14-6-5-10-2-1-7-17(10)13(18)9-3-4-11(15)12(16)8-9/h3-4,8,10H,1-2,5-7H2. The zero-order valence-corrected chi connectivity index (χ0v) is 11.4. The fraction of sp³-hybridized carbons (Fsp3) is 0.462. The van der Waals surface area contributed by atoms with Crippen molar-refractivity contribution >= 4 is 21.8 Å². The van der Waals surface area contributed by atoms with Crippen molar-refractivity contribution in [3.8, 4) is 0 Å². The molecule has 5 heteroatoms. The summed E-state index contributed by atoms with van der Waals surface area (Å²) in [4.78, 5) is 14.0. The molecule has 0 N–H and O–H groups in total. The van der Waals surface area contributed by atoms with Crippen LogP contribution in [-0.2, 0) is 0 Å². The molecule has 1 aromatic rings. The normalized spacial score (nSPS) is 19.3. The Bertz CT molecular complexity index is 453. The molecule has 1 unspecified atom stereocenters. The molecule has 0 radical (unpaired) electrons. The van der Waals surface area contributed by atoms with Gasteiger partial charge in [-0.3, -0.25) is 4.79 Å². The summed E-state index contributed by atoms with van der Waals surface area (Å²) in [7, 11) is 0. The average Bonchev–Trinajstić information content (AvgIpc) is 2.80.